The molecule has 1 rings (SSSR count). The number of rotatable bonds is 3. The van der Waals surface area contributed by atoms with Crippen LogP contribution < -0.4 is 0 Å². The van der Waals surface area contributed by atoms with E-state index in [1.807, 2.05) is 20.8 Å². The van der Waals surface area contributed by atoms with Crippen molar-refractivity contribution in [1.82, 2.24) is 0 Å². The summed E-state index contributed by atoms with van der Waals surface area (Å²) >= 11 is 5.56. The molecule has 3 nitrogen and oxygen atoms in total. The topological polar surface area (TPSA) is 39.4 Å². The molecule has 90 valence electrons. The van der Waals surface area contributed by atoms with Gasteiger partial charge >= 0.3 is 0 Å². The molecule has 0 unspecified atom stereocenters. The highest BCUT2D eigenvalue weighted by molar-refractivity contribution is 6.68. The van der Waals surface area contributed by atoms with E-state index >= 15 is 0 Å². The normalized spacial score (nSPS) is 11.9. The van der Waals surface area contributed by atoms with Crippen molar-refractivity contribution in [2.45, 2.75) is 39.7 Å². The summed E-state index contributed by atoms with van der Waals surface area (Å²) in [6.07, 6.45) is 0. The molecule has 0 amide bonds. The van der Waals surface area contributed by atoms with Crippen LogP contribution in [0.4, 0.5) is 0 Å². The van der Waals surface area contributed by atoms with Crippen molar-refractivity contribution >= 4 is 16.8 Å². The van der Waals surface area contributed by atoms with Gasteiger partial charge in [0.15, 0.2) is 0 Å². The minimum Gasteiger partial charge on any atom is -0.465 e. The van der Waals surface area contributed by atoms with Crippen LogP contribution in [0.15, 0.2) is 4.42 Å². The second-order valence-electron chi connectivity index (χ2n) is 4.80. The van der Waals surface area contributed by atoms with Crippen molar-refractivity contribution in [3.05, 3.63) is 22.6 Å². The zero-order valence-corrected chi connectivity index (χ0v) is 11.1. The van der Waals surface area contributed by atoms with Gasteiger partial charge < -0.3 is 9.15 Å². The molecule has 1 heterocycles. The monoisotopic (exact) mass is 244 g/mol. The first kappa shape index (κ1) is 13.3. The van der Waals surface area contributed by atoms with Crippen LogP contribution in [0.1, 0.15) is 48.2 Å². The Kier molecular flexibility index (Phi) is 3.81. The van der Waals surface area contributed by atoms with E-state index in [0.29, 0.717) is 17.9 Å². The highest BCUT2D eigenvalue weighted by Crippen LogP contribution is 2.33. The number of ether oxygens (including phenoxy) is 1. The number of carbonyl (C=O) groups excluding carboxylic acids is 1. The van der Waals surface area contributed by atoms with Crippen LogP contribution in [0.2, 0.25) is 0 Å². The number of methoxy groups -OCH3 is 1. The molecule has 0 atom stereocenters. The maximum atomic E-state index is 11.4. The predicted molar refractivity (Wildman–Crippen MR) is 63.0 cm³/mol. The third kappa shape index (κ3) is 2.47. The van der Waals surface area contributed by atoms with E-state index in [4.69, 9.17) is 20.8 Å². The van der Waals surface area contributed by atoms with Gasteiger partial charge in [0, 0.05) is 18.1 Å². The van der Waals surface area contributed by atoms with Gasteiger partial charge in [0.2, 0.25) is 0 Å². The molecule has 0 spiro atoms. The molecule has 0 saturated heterocycles. The zero-order chi connectivity index (χ0) is 12.5. The molecule has 0 aliphatic heterocycles. The fourth-order valence-corrected chi connectivity index (χ4v) is 1.98. The number of halogens is 1. The van der Waals surface area contributed by atoms with E-state index in [0.717, 1.165) is 11.3 Å². The average molecular weight is 245 g/mol. The van der Waals surface area contributed by atoms with E-state index in [2.05, 4.69) is 0 Å². The van der Waals surface area contributed by atoms with E-state index < -0.39 is 5.24 Å². The maximum absolute atomic E-state index is 11.4. The van der Waals surface area contributed by atoms with Crippen molar-refractivity contribution in [3.8, 4) is 0 Å². The highest BCUT2D eigenvalue weighted by Gasteiger charge is 2.29. The lowest BCUT2D eigenvalue weighted by Gasteiger charge is -2.17. The molecule has 0 N–H and O–H groups in total. The second-order valence-corrected chi connectivity index (χ2v) is 5.14. The molecule has 0 fully saturated rings. The third-order valence-electron chi connectivity index (χ3n) is 2.35. The lowest BCUT2D eigenvalue weighted by molar-refractivity contribution is 0.107. The average Bonchev–Trinajstić information content (AvgIpc) is 2.42. The maximum Gasteiger partial charge on any atom is 0.256 e. The Morgan fingerprint density at radius 3 is 2.38 bits per heavy atom. The van der Waals surface area contributed by atoms with Crippen molar-refractivity contribution in [1.29, 1.82) is 0 Å². The number of carbonyl (C=O) groups is 1. The van der Waals surface area contributed by atoms with Crippen molar-refractivity contribution in [2.24, 2.45) is 0 Å². The first-order valence-corrected chi connectivity index (χ1v) is 5.48. The molecule has 0 bridgehead atoms. The summed E-state index contributed by atoms with van der Waals surface area (Å²) < 4.78 is 10.7. The van der Waals surface area contributed by atoms with Crippen LogP contribution >= 0.6 is 11.6 Å². The van der Waals surface area contributed by atoms with Gasteiger partial charge in [-0.15, -0.1) is 0 Å². The lowest BCUT2D eigenvalue weighted by Crippen LogP contribution is -2.13. The number of hydrogen-bond donors (Lipinski definition) is 0. The lowest BCUT2D eigenvalue weighted by atomic mass is 9.89. The summed E-state index contributed by atoms with van der Waals surface area (Å²) in [4.78, 5) is 11.4. The van der Waals surface area contributed by atoms with Gasteiger partial charge in [-0.25, -0.2) is 0 Å². The summed E-state index contributed by atoms with van der Waals surface area (Å²) in [5, 5.41) is -0.496. The molecule has 0 aliphatic rings. The van der Waals surface area contributed by atoms with Crippen molar-refractivity contribution in [3.63, 3.8) is 0 Å². The van der Waals surface area contributed by atoms with Crippen LogP contribution in [-0.4, -0.2) is 12.4 Å². The third-order valence-corrected chi connectivity index (χ3v) is 2.54. The second kappa shape index (κ2) is 4.60. The van der Waals surface area contributed by atoms with Crippen LogP contribution in [0.25, 0.3) is 0 Å². The fraction of sp³-hybridized carbons (Fsp3) is 0.583. The number of hydrogen-bond acceptors (Lipinski definition) is 3. The largest absolute Gasteiger partial charge is 0.465 e. The van der Waals surface area contributed by atoms with Gasteiger partial charge in [-0.05, 0) is 18.5 Å². The van der Waals surface area contributed by atoms with Gasteiger partial charge in [-0.2, -0.15) is 0 Å². The molecule has 0 aromatic carbocycles. The van der Waals surface area contributed by atoms with E-state index in [1.165, 1.54) is 0 Å². The van der Waals surface area contributed by atoms with Crippen LogP contribution in [-0.2, 0) is 16.8 Å². The Balaban J connectivity index is 3.41. The Labute approximate surface area is 101 Å². The zero-order valence-electron chi connectivity index (χ0n) is 10.3. The van der Waals surface area contributed by atoms with Crippen molar-refractivity contribution < 1.29 is 13.9 Å². The fourth-order valence-electron chi connectivity index (χ4n) is 1.74. The van der Waals surface area contributed by atoms with Crippen molar-refractivity contribution in [2.75, 3.05) is 7.11 Å². The molecule has 16 heavy (non-hydrogen) atoms. The van der Waals surface area contributed by atoms with Gasteiger partial charge in [0.25, 0.3) is 5.24 Å². The van der Waals surface area contributed by atoms with E-state index in [1.54, 1.807) is 14.0 Å². The number of furan rings is 1. The standard InChI is InChI=1S/C12H17ClO3/c1-7-9(11(13)14)8(6-15-5)10(16-7)12(2,3)4/h6H2,1-5H3. The molecular weight excluding hydrogens is 228 g/mol. The Morgan fingerprint density at radius 2 is 2.00 bits per heavy atom. The quantitative estimate of drug-likeness (QED) is 0.765. The minimum absolute atomic E-state index is 0.177. The van der Waals surface area contributed by atoms with Gasteiger partial charge in [0.05, 0.1) is 12.2 Å². The van der Waals surface area contributed by atoms with Gasteiger partial charge in [-0.3, -0.25) is 4.79 Å². The van der Waals surface area contributed by atoms with E-state index in [-0.39, 0.29) is 5.41 Å². The van der Waals surface area contributed by atoms with Crippen LogP contribution in [0.3, 0.4) is 0 Å². The smallest absolute Gasteiger partial charge is 0.256 e. The molecule has 0 saturated carbocycles. The molecule has 0 radical (unpaired) electrons. The number of aryl methyl sites for hydroxylation is 1. The van der Waals surface area contributed by atoms with Crippen LogP contribution in [0.5, 0.6) is 0 Å². The van der Waals surface area contributed by atoms with Gasteiger partial charge in [-0.1, -0.05) is 20.8 Å². The summed E-state index contributed by atoms with van der Waals surface area (Å²) in [6.45, 7) is 8.13. The van der Waals surface area contributed by atoms with E-state index in [9.17, 15) is 4.79 Å². The molecular formula is C12H17ClO3. The van der Waals surface area contributed by atoms with Crippen LogP contribution in [0, 0.1) is 6.92 Å². The summed E-state index contributed by atoms with van der Waals surface area (Å²) in [5.74, 6) is 1.31. The molecule has 4 heteroatoms. The summed E-state index contributed by atoms with van der Waals surface area (Å²) in [5.41, 5.74) is 1.02. The molecule has 1 aromatic heterocycles. The SMILES string of the molecule is COCc1c(C(C)(C)C)oc(C)c1C(=O)Cl. The Hall–Kier alpha value is -0.800. The first-order valence-electron chi connectivity index (χ1n) is 5.10. The highest BCUT2D eigenvalue weighted by atomic mass is 35.5. The Bertz CT molecular complexity index is 399. The minimum atomic E-state index is -0.496. The van der Waals surface area contributed by atoms with Gasteiger partial charge in [0.1, 0.15) is 11.5 Å². The molecule has 1 aromatic rings. The first-order chi connectivity index (χ1) is 7.29. The summed E-state index contributed by atoms with van der Waals surface area (Å²) in [7, 11) is 1.58. The molecule has 0 aliphatic carbocycles. The summed E-state index contributed by atoms with van der Waals surface area (Å²) in [6, 6.07) is 0. The predicted octanol–water partition coefficient (Wildman–Crippen LogP) is 3.41. The Morgan fingerprint density at radius 1 is 1.44 bits per heavy atom.